The summed E-state index contributed by atoms with van der Waals surface area (Å²) < 4.78 is 0. The summed E-state index contributed by atoms with van der Waals surface area (Å²) in [4.78, 5) is 22.2. The normalized spacial score (nSPS) is 20.5. The van der Waals surface area contributed by atoms with Gasteiger partial charge >= 0.3 is 0 Å². The van der Waals surface area contributed by atoms with Crippen molar-refractivity contribution in [3.63, 3.8) is 0 Å². The minimum atomic E-state index is 0.0478. The third kappa shape index (κ3) is 4.08. The van der Waals surface area contributed by atoms with Gasteiger partial charge in [-0.15, -0.1) is 0 Å². The van der Waals surface area contributed by atoms with Gasteiger partial charge in [-0.1, -0.05) is 0 Å². The molecule has 1 aliphatic heterocycles. The molecule has 0 saturated carbocycles. The molecule has 2 N–H and O–H groups in total. The molecule has 0 aromatic carbocycles. The highest BCUT2D eigenvalue weighted by Gasteiger charge is 2.31. The van der Waals surface area contributed by atoms with E-state index < -0.39 is 0 Å². The lowest BCUT2D eigenvalue weighted by atomic mass is 10.1. The Hall–Kier alpha value is -2.32. The van der Waals surface area contributed by atoms with E-state index in [1.165, 1.54) is 0 Å². The maximum absolute atomic E-state index is 9.12. The lowest BCUT2D eigenvalue weighted by Crippen LogP contribution is -2.57. The van der Waals surface area contributed by atoms with Crippen LogP contribution in [-0.2, 0) is 12.8 Å². The Kier molecular flexibility index (Phi) is 5.95. The Bertz CT molecular complexity index is 716. The number of aliphatic hydroxyl groups excluding tert-OH is 2. The summed E-state index contributed by atoms with van der Waals surface area (Å²) in [7, 11) is 0. The average Bonchev–Trinajstić information content (AvgIpc) is 2.62. The molecule has 0 spiro atoms. The Morgan fingerprint density at radius 1 is 0.885 bits per heavy atom. The van der Waals surface area contributed by atoms with Crippen LogP contribution in [0.5, 0.6) is 0 Å². The van der Waals surface area contributed by atoms with Crippen LogP contribution in [0, 0.1) is 0 Å². The second-order valence-corrected chi connectivity index (χ2v) is 6.62. The Morgan fingerprint density at radius 3 is 1.92 bits per heavy atom. The van der Waals surface area contributed by atoms with Crippen LogP contribution in [-0.4, -0.2) is 68.5 Å². The summed E-state index contributed by atoms with van der Waals surface area (Å²) >= 11 is 0. The van der Waals surface area contributed by atoms with Crippen LogP contribution >= 0.6 is 0 Å². The fourth-order valence-corrected chi connectivity index (χ4v) is 3.50. The molecule has 3 rings (SSSR count). The molecule has 0 amide bonds. The number of aliphatic hydroxyl groups is 2. The molecule has 1 fully saturated rings. The number of aromatic nitrogens is 4. The van der Waals surface area contributed by atoms with Gasteiger partial charge in [-0.2, -0.15) is 0 Å². The van der Waals surface area contributed by atoms with Gasteiger partial charge in [-0.05, 0) is 26.0 Å². The Labute approximate surface area is 153 Å². The standard InChI is InChI=1S/C18H26N6O2/c1-13-11-23(17-3-7-19-15(21-17)5-9-25)12-14(2)24(13)18-4-8-20-16(22-18)6-10-26/h3-4,7-8,13-14,25-26H,5-6,9-12H2,1-2H3/t13-,14-/m1/s1. The highest BCUT2D eigenvalue weighted by molar-refractivity contribution is 5.47. The van der Waals surface area contributed by atoms with E-state index in [1.54, 1.807) is 12.4 Å². The molecule has 0 bridgehead atoms. The second-order valence-electron chi connectivity index (χ2n) is 6.62. The van der Waals surface area contributed by atoms with Crippen molar-refractivity contribution >= 4 is 11.6 Å². The molecular weight excluding hydrogens is 332 g/mol. The van der Waals surface area contributed by atoms with Crippen molar-refractivity contribution in [2.24, 2.45) is 0 Å². The maximum Gasteiger partial charge on any atom is 0.132 e. The summed E-state index contributed by atoms with van der Waals surface area (Å²) in [6.45, 7) is 6.08. The number of rotatable bonds is 6. The van der Waals surface area contributed by atoms with Crippen molar-refractivity contribution in [1.82, 2.24) is 19.9 Å². The molecule has 140 valence electrons. The summed E-state index contributed by atoms with van der Waals surface area (Å²) in [6.07, 6.45) is 4.43. The molecule has 8 nitrogen and oxygen atoms in total. The van der Waals surface area contributed by atoms with Crippen molar-refractivity contribution in [1.29, 1.82) is 0 Å². The van der Waals surface area contributed by atoms with Gasteiger partial charge in [0, 0.05) is 50.4 Å². The molecule has 1 aliphatic rings. The van der Waals surface area contributed by atoms with E-state index >= 15 is 0 Å². The first-order valence-corrected chi connectivity index (χ1v) is 9.01. The molecular formula is C18H26N6O2. The minimum Gasteiger partial charge on any atom is -0.396 e. The summed E-state index contributed by atoms with van der Waals surface area (Å²) in [5.74, 6) is 3.12. The van der Waals surface area contributed by atoms with E-state index in [2.05, 4.69) is 43.6 Å². The first kappa shape index (κ1) is 18.5. The van der Waals surface area contributed by atoms with E-state index in [1.807, 2.05) is 12.1 Å². The van der Waals surface area contributed by atoms with Crippen molar-refractivity contribution in [3.05, 3.63) is 36.2 Å². The highest BCUT2D eigenvalue weighted by Crippen LogP contribution is 2.25. The van der Waals surface area contributed by atoms with Crippen LogP contribution in [0.1, 0.15) is 25.5 Å². The quantitative estimate of drug-likeness (QED) is 0.768. The summed E-state index contributed by atoms with van der Waals surface area (Å²) in [5.41, 5.74) is 0. The van der Waals surface area contributed by atoms with E-state index in [4.69, 9.17) is 10.2 Å². The highest BCUT2D eigenvalue weighted by atomic mass is 16.3. The lowest BCUT2D eigenvalue weighted by Gasteiger charge is -2.45. The average molecular weight is 358 g/mol. The zero-order valence-electron chi connectivity index (χ0n) is 15.3. The van der Waals surface area contributed by atoms with Gasteiger partial charge in [0.05, 0.1) is 13.2 Å². The van der Waals surface area contributed by atoms with Crippen molar-refractivity contribution < 1.29 is 10.2 Å². The molecule has 3 heterocycles. The number of hydrogen-bond donors (Lipinski definition) is 2. The maximum atomic E-state index is 9.12. The minimum absolute atomic E-state index is 0.0478. The predicted octanol–water partition coefficient (Wildman–Crippen LogP) is 0.440. The van der Waals surface area contributed by atoms with Crippen LogP contribution in [0.15, 0.2) is 24.5 Å². The first-order chi connectivity index (χ1) is 12.6. The van der Waals surface area contributed by atoms with Gasteiger partial charge < -0.3 is 20.0 Å². The molecule has 26 heavy (non-hydrogen) atoms. The number of anilines is 2. The molecule has 8 heteroatoms. The third-order valence-electron chi connectivity index (χ3n) is 4.56. The molecule has 0 aliphatic carbocycles. The Morgan fingerprint density at radius 2 is 1.38 bits per heavy atom. The van der Waals surface area contributed by atoms with Crippen LogP contribution < -0.4 is 9.80 Å². The number of piperazine rings is 1. The van der Waals surface area contributed by atoms with Crippen molar-refractivity contribution in [2.75, 3.05) is 36.1 Å². The molecule has 2 aromatic heterocycles. The topological polar surface area (TPSA) is 98.5 Å². The van der Waals surface area contributed by atoms with Gasteiger partial charge in [-0.3, -0.25) is 0 Å². The largest absolute Gasteiger partial charge is 0.396 e. The zero-order valence-corrected chi connectivity index (χ0v) is 15.3. The third-order valence-corrected chi connectivity index (χ3v) is 4.56. The van der Waals surface area contributed by atoms with E-state index in [0.717, 1.165) is 24.7 Å². The van der Waals surface area contributed by atoms with E-state index in [0.29, 0.717) is 24.5 Å². The first-order valence-electron chi connectivity index (χ1n) is 9.01. The summed E-state index contributed by atoms with van der Waals surface area (Å²) in [5, 5.41) is 18.2. The van der Waals surface area contributed by atoms with Crippen molar-refractivity contribution in [3.8, 4) is 0 Å². The molecule has 0 unspecified atom stereocenters. The molecule has 2 atom stereocenters. The fourth-order valence-electron chi connectivity index (χ4n) is 3.50. The van der Waals surface area contributed by atoms with Gasteiger partial charge in [-0.25, -0.2) is 19.9 Å². The van der Waals surface area contributed by atoms with Crippen LogP contribution in [0.2, 0.25) is 0 Å². The van der Waals surface area contributed by atoms with Gasteiger partial charge in [0.1, 0.15) is 23.3 Å². The monoisotopic (exact) mass is 358 g/mol. The smallest absolute Gasteiger partial charge is 0.132 e. The van der Waals surface area contributed by atoms with E-state index in [-0.39, 0.29) is 25.3 Å². The molecule has 2 aromatic rings. The molecule has 1 saturated heterocycles. The van der Waals surface area contributed by atoms with E-state index in [9.17, 15) is 0 Å². The van der Waals surface area contributed by atoms with Gasteiger partial charge in [0.25, 0.3) is 0 Å². The number of nitrogens with zero attached hydrogens (tertiary/aromatic N) is 6. The Balaban J connectivity index is 1.77. The number of hydrogen-bond acceptors (Lipinski definition) is 8. The summed E-state index contributed by atoms with van der Waals surface area (Å²) in [6, 6.07) is 4.33. The molecule has 0 radical (unpaired) electrons. The van der Waals surface area contributed by atoms with Crippen LogP contribution in [0.3, 0.4) is 0 Å². The van der Waals surface area contributed by atoms with Crippen LogP contribution in [0.25, 0.3) is 0 Å². The zero-order chi connectivity index (χ0) is 18.5. The lowest BCUT2D eigenvalue weighted by molar-refractivity contribution is 0.296. The SMILES string of the molecule is C[C@@H]1CN(c2ccnc(CCO)n2)C[C@@H](C)N1c1ccnc(CCO)n1. The van der Waals surface area contributed by atoms with Gasteiger partial charge in [0.15, 0.2) is 0 Å². The van der Waals surface area contributed by atoms with Crippen molar-refractivity contribution in [2.45, 2.75) is 38.8 Å². The van der Waals surface area contributed by atoms with Gasteiger partial charge in [0.2, 0.25) is 0 Å². The van der Waals surface area contributed by atoms with Crippen LogP contribution in [0.4, 0.5) is 11.6 Å². The predicted molar refractivity (Wildman–Crippen MR) is 99.3 cm³/mol. The fraction of sp³-hybridized carbons (Fsp3) is 0.556. The second kappa shape index (κ2) is 8.37.